The van der Waals surface area contributed by atoms with Crippen molar-refractivity contribution in [2.45, 2.75) is 26.8 Å². The normalized spacial score (nSPS) is 13.6. The molecule has 2 N–H and O–H groups in total. The first kappa shape index (κ1) is 14.0. The van der Waals surface area contributed by atoms with Crippen molar-refractivity contribution in [3.05, 3.63) is 48.1 Å². The van der Waals surface area contributed by atoms with Crippen LogP contribution in [0.5, 0.6) is 0 Å². The van der Waals surface area contributed by atoms with Crippen LogP contribution in [0.3, 0.4) is 0 Å². The molecule has 0 bridgehead atoms. The Balaban J connectivity index is 2.63. The molecule has 4 nitrogen and oxygen atoms in total. The number of aromatic amines is 1. The van der Waals surface area contributed by atoms with E-state index < -0.39 is 0 Å². The summed E-state index contributed by atoms with van der Waals surface area (Å²) in [6.07, 6.45) is 8.86. The molecule has 0 saturated heterocycles. The van der Waals surface area contributed by atoms with Crippen LogP contribution in [-0.4, -0.2) is 21.9 Å². The summed E-state index contributed by atoms with van der Waals surface area (Å²) < 4.78 is 0. The lowest BCUT2D eigenvalue weighted by Crippen LogP contribution is -2.33. The van der Waals surface area contributed by atoms with Crippen molar-refractivity contribution in [3.8, 4) is 0 Å². The summed E-state index contributed by atoms with van der Waals surface area (Å²) in [5.41, 5.74) is 1.47. The number of allylic oxidation sites excluding steroid dienone is 1. The molecule has 0 aliphatic heterocycles. The van der Waals surface area contributed by atoms with Crippen LogP contribution in [0.2, 0.25) is 0 Å². The van der Waals surface area contributed by atoms with Crippen LogP contribution in [0.4, 0.5) is 0 Å². The minimum Gasteiger partial charge on any atom is -0.346 e. The quantitative estimate of drug-likeness (QED) is 0.618. The van der Waals surface area contributed by atoms with Gasteiger partial charge in [-0.25, -0.2) is 4.98 Å². The van der Waals surface area contributed by atoms with Gasteiger partial charge in [0.2, 0.25) is 5.91 Å². The third kappa shape index (κ3) is 4.05. The van der Waals surface area contributed by atoms with Gasteiger partial charge in [-0.1, -0.05) is 18.7 Å². The zero-order chi connectivity index (χ0) is 13.5. The van der Waals surface area contributed by atoms with E-state index in [1.54, 1.807) is 25.4 Å². The summed E-state index contributed by atoms with van der Waals surface area (Å²) >= 11 is 0. The summed E-state index contributed by atoms with van der Waals surface area (Å²) in [6, 6.07) is -0.0892. The Morgan fingerprint density at radius 1 is 1.61 bits per heavy atom. The topological polar surface area (TPSA) is 57.8 Å². The van der Waals surface area contributed by atoms with Gasteiger partial charge in [-0.05, 0) is 32.4 Å². The molecule has 0 radical (unpaired) electrons. The van der Waals surface area contributed by atoms with Crippen molar-refractivity contribution in [1.82, 2.24) is 15.3 Å². The van der Waals surface area contributed by atoms with Crippen molar-refractivity contribution in [2.24, 2.45) is 0 Å². The predicted molar refractivity (Wildman–Crippen MR) is 73.8 cm³/mol. The number of aromatic nitrogens is 2. The number of carbonyl (C=O) groups excluding carboxylic acids is 1. The van der Waals surface area contributed by atoms with Crippen LogP contribution >= 0.6 is 0 Å². The molecule has 0 aliphatic rings. The van der Waals surface area contributed by atoms with Crippen LogP contribution in [-0.2, 0) is 4.79 Å². The number of nitrogens with one attached hydrogen (secondary N) is 2. The molecule has 0 aromatic carbocycles. The number of rotatable bonds is 5. The zero-order valence-corrected chi connectivity index (χ0v) is 11.0. The lowest BCUT2D eigenvalue weighted by Gasteiger charge is -2.14. The smallest absolute Gasteiger partial charge is 0.247 e. The summed E-state index contributed by atoms with van der Waals surface area (Å²) in [5, 5.41) is 2.88. The first-order valence-corrected chi connectivity index (χ1v) is 5.84. The van der Waals surface area contributed by atoms with E-state index in [9.17, 15) is 4.79 Å². The second-order valence-electron chi connectivity index (χ2n) is 4.07. The maximum Gasteiger partial charge on any atom is 0.247 e. The molecule has 1 amide bonds. The van der Waals surface area contributed by atoms with Crippen molar-refractivity contribution in [1.29, 1.82) is 0 Å². The van der Waals surface area contributed by atoms with Gasteiger partial charge in [-0.2, -0.15) is 0 Å². The van der Waals surface area contributed by atoms with Gasteiger partial charge in [0.1, 0.15) is 5.82 Å². The highest BCUT2D eigenvalue weighted by Gasteiger charge is 2.10. The molecule has 0 spiro atoms. The van der Waals surface area contributed by atoms with Crippen molar-refractivity contribution in [2.75, 3.05) is 0 Å². The summed E-state index contributed by atoms with van der Waals surface area (Å²) in [7, 11) is 0. The number of H-pyrrole nitrogens is 1. The van der Waals surface area contributed by atoms with Gasteiger partial charge in [0, 0.05) is 18.0 Å². The van der Waals surface area contributed by atoms with Gasteiger partial charge in [-0.3, -0.25) is 4.79 Å². The van der Waals surface area contributed by atoms with Crippen molar-refractivity contribution < 1.29 is 4.79 Å². The Morgan fingerprint density at radius 2 is 2.33 bits per heavy atom. The number of imidazole rings is 1. The molecule has 96 valence electrons. The second-order valence-corrected chi connectivity index (χ2v) is 4.07. The fourth-order valence-electron chi connectivity index (χ4n) is 1.39. The lowest BCUT2D eigenvalue weighted by molar-refractivity contribution is -0.117. The van der Waals surface area contributed by atoms with E-state index in [2.05, 4.69) is 21.9 Å². The highest BCUT2D eigenvalue weighted by atomic mass is 16.1. The predicted octanol–water partition coefficient (Wildman–Crippen LogP) is 2.45. The third-order valence-corrected chi connectivity index (χ3v) is 2.52. The minimum absolute atomic E-state index is 0.0892. The van der Waals surface area contributed by atoms with Gasteiger partial charge in [0.25, 0.3) is 0 Å². The molecule has 1 aromatic heterocycles. The highest BCUT2D eigenvalue weighted by molar-refractivity contribution is 5.97. The van der Waals surface area contributed by atoms with Gasteiger partial charge in [-0.15, -0.1) is 0 Å². The number of carbonyl (C=O) groups is 1. The van der Waals surface area contributed by atoms with Crippen LogP contribution in [0.25, 0.3) is 6.08 Å². The molecule has 0 aliphatic carbocycles. The van der Waals surface area contributed by atoms with Gasteiger partial charge in [0.15, 0.2) is 0 Å². The highest BCUT2D eigenvalue weighted by Crippen LogP contribution is 2.05. The van der Waals surface area contributed by atoms with Crippen LogP contribution < -0.4 is 5.32 Å². The lowest BCUT2D eigenvalue weighted by atomic mass is 10.1. The fraction of sp³-hybridized carbons (Fsp3) is 0.286. The Labute approximate surface area is 108 Å². The Hall–Kier alpha value is -2.10. The molecule has 0 saturated carbocycles. The average molecular weight is 245 g/mol. The van der Waals surface area contributed by atoms with E-state index >= 15 is 0 Å². The molecule has 0 fully saturated rings. The number of hydrogen-bond donors (Lipinski definition) is 2. The Bertz CT molecular complexity index is 469. The van der Waals surface area contributed by atoms with E-state index in [0.29, 0.717) is 11.4 Å². The summed E-state index contributed by atoms with van der Waals surface area (Å²) in [4.78, 5) is 18.9. The average Bonchev–Trinajstić information content (AvgIpc) is 2.81. The van der Waals surface area contributed by atoms with Gasteiger partial charge >= 0.3 is 0 Å². The maximum absolute atomic E-state index is 11.9. The molecule has 1 heterocycles. The number of nitrogens with zero attached hydrogens (tertiary/aromatic N) is 1. The molecule has 1 unspecified atom stereocenters. The monoisotopic (exact) mass is 245 g/mol. The van der Waals surface area contributed by atoms with Crippen LogP contribution in [0.15, 0.2) is 42.3 Å². The van der Waals surface area contributed by atoms with E-state index in [0.717, 1.165) is 5.57 Å². The summed E-state index contributed by atoms with van der Waals surface area (Å²) in [5.74, 6) is 0.548. The number of hydrogen-bond acceptors (Lipinski definition) is 2. The molecule has 1 aromatic rings. The van der Waals surface area contributed by atoms with E-state index in [1.807, 2.05) is 26.0 Å². The standard InChI is InChI=1S/C14H19N3O/c1-5-6-10(2)12(4)17-14(18)11(3)9-13-15-7-8-16-13/h5-9,12H,2H2,1,3-4H3,(H,15,16)(H,17,18)/b6-5?,11-9+. The van der Waals surface area contributed by atoms with E-state index in [-0.39, 0.29) is 11.9 Å². The fourth-order valence-corrected chi connectivity index (χ4v) is 1.39. The summed E-state index contributed by atoms with van der Waals surface area (Å²) in [6.45, 7) is 9.47. The maximum atomic E-state index is 11.9. The first-order valence-electron chi connectivity index (χ1n) is 5.84. The van der Waals surface area contributed by atoms with E-state index in [4.69, 9.17) is 0 Å². The zero-order valence-electron chi connectivity index (χ0n) is 11.0. The molecule has 4 heteroatoms. The second kappa shape index (κ2) is 6.59. The SMILES string of the molecule is C=C(C=CC)C(C)NC(=O)/C(C)=C/c1ncc[nH]1. The third-order valence-electron chi connectivity index (χ3n) is 2.52. The van der Waals surface area contributed by atoms with Gasteiger partial charge in [0.05, 0.1) is 6.04 Å². The van der Waals surface area contributed by atoms with Crippen LogP contribution in [0, 0.1) is 0 Å². The van der Waals surface area contributed by atoms with Crippen molar-refractivity contribution in [3.63, 3.8) is 0 Å². The van der Waals surface area contributed by atoms with Crippen molar-refractivity contribution >= 4 is 12.0 Å². The first-order chi connectivity index (χ1) is 8.54. The molecular weight excluding hydrogens is 226 g/mol. The largest absolute Gasteiger partial charge is 0.346 e. The Morgan fingerprint density at radius 3 is 2.89 bits per heavy atom. The van der Waals surface area contributed by atoms with Gasteiger partial charge < -0.3 is 10.3 Å². The molecule has 1 atom stereocenters. The molecule has 18 heavy (non-hydrogen) atoms. The Kier molecular flexibility index (Phi) is 5.11. The molecule has 1 rings (SSSR count). The van der Waals surface area contributed by atoms with Crippen LogP contribution in [0.1, 0.15) is 26.6 Å². The molecular formula is C14H19N3O. The minimum atomic E-state index is -0.121. The van der Waals surface area contributed by atoms with E-state index in [1.165, 1.54) is 0 Å². The number of amides is 1.